The first-order valence-corrected chi connectivity index (χ1v) is 9.72. The van der Waals surface area contributed by atoms with Crippen LogP contribution >= 0.6 is 11.6 Å². The molecule has 1 unspecified atom stereocenters. The molecule has 5 nitrogen and oxygen atoms in total. The quantitative estimate of drug-likeness (QED) is 0.621. The lowest BCUT2D eigenvalue weighted by atomic mass is 9.98. The first-order valence-electron chi connectivity index (χ1n) is 9.34. The number of carbonyl (C=O) groups excluding carboxylic acids is 1. The SMILES string of the molecule is Cc1ccc(C(NCC(=O)Nc2cc3c(cc2Cl)OCO3)c2ccccc2)cc1. The van der Waals surface area contributed by atoms with Crippen molar-refractivity contribution < 1.29 is 14.3 Å². The number of hydrogen-bond acceptors (Lipinski definition) is 4. The van der Waals surface area contributed by atoms with Crippen molar-refractivity contribution in [2.75, 3.05) is 18.7 Å². The van der Waals surface area contributed by atoms with Gasteiger partial charge < -0.3 is 14.8 Å². The molecule has 1 atom stereocenters. The van der Waals surface area contributed by atoms with Gasteiger partial charge in [-0.1, -0.05) is 71.8 Å². The van der Waals surface area contributed by atoms with Crippen molar-refractivity contribution in [1.82, 2.24) is 5.32 Å². The van der Waals surface area contributed by atoms with Crippen LogP contribution in [0.15, 0.2) is 66.7 Å². The van der Waals surface area contributed by atoms with Crippen molar-refractivity contribution >= 4 is 23.2 Å². The smallest absolute Gasteiger partial charge is 0.238 e. The number of hydrogen-bond donors (Lipinski definition) is 2. The molecule has 0 aliphatic carbocycles. The van der Waals surface area contributed by atoms with Crippen LogP contribution in [0, 0.1) is 6.92 Å². The second kappa shape index (κ2) is 8.55. The number of rotatable bonds is 6. The van der Waals surface area contributed by atoms with Gasteiger partial charge in [0.05, 0.1) is 23.3 Å². The molecule has 0 spiro atoms. The summed E-state index contributed by atoms with van der Waals surface area (Å²) in [5.41, 5.74) is 3.87. The molecule has 1 aliphatic heterocycles. The summed E-state index contributed by atoms with van der Waals surface area (Å²) in [4.78, 5) is 12.6. The zero-order chi connectivity index (χ0) is 20.2. The molecule has 2 N–H and O–H groups in total. The standard InChI is InChI=1S/C23H21ClN2O3/c1-15-7-9-17(10-8-15)23(16-5-3-2-4-6-16)25-13-22(27)26-19-12-21-20(11-18(19)24)28-14-29-21/h2-12,23,25H,13-14H2,1H3,(H,26,27). The van der Waals surface area contributed by atoms with Crippen LogP contribution in [-0.4, -0.2) is 19.2 Å². The lowest BCUT2D eigenvalue weighted by Crippen LogP contribution is -2.32. The number of amides is 1. The third-order valence-corrected chi connectivity index (χ3v) is 5.06. The predicted octanol–water partition coefficient (Wildman–Crippen LogP) is 4.69. The van der Waals surface area contributed by atoms with Crippen molar-refractivity contribution in [3.05, 3.63) is 88.4 Å². The number of nitrogens with one attached hydrogen (secondary N) is 2. The van der Waals surface area contributed by atoms with Crippen LogP contribution in [0.5, 0.6) is 11.5 Å². The van der Waals surface area contributed by atoms with Gasteiger partial charge in [0.2, 0.25) is 12.7 Å². The molecule has 0 saturated heterocycles. The van der Waals surface area contributed by atoms with Gasteiger partial charge in [-0.15, -0.1) is 0 Å². The highest BCUT2D eigenvalue weighted by Gasteiger charge is 2.19. The molecule has 29 heavy (non-hydrogen) atoms. The minimum absolute atomic E-state index is 0.102. The number of anilines is 1. The Morgan fingerprint density at radius 3 is 2.38 bits per heavy atom. The predicted molar refractivity (Wildman–Crippen MR) is 114 cm³/mol. The Kier molecular flexibility index (Phi) is 5.69. The monoisotopic (exact) mass is 408 g/mol. The minimum Gasteiger partial charge on any atom is -0.454 e. The molecule has 3 aromatic rings. The highest BCUT2D eigenvalue weighted by molar-refractivity contribution is 6.34. The Morgan fingerprint density at radius 2 is 1.66 bits per heavy atom. The Bertz CT molecular complexity index is 1010. The van der Waals surface area contributed by atoms with Gasteiger partial charge in [-0.2, -0.15) is 0 Å². The average Bonchev–Trinajstić information content (AvgIpc) is 3.17. The molecule has 148 valence electrons. The van der Waals surface area contributed by atoms with Crippen molar-refractivity contribution in [3.8, 4) is 11.5 Å². The minimum atomic E-state index is -0.196. The van der Waals surface area contributed by atoms with E-state index in [1.165, 1.54) is 5.56 Å². The Hall–Kier alpha value is -3.02. The summed E-state index contributed by atoms with van der Waals surface area (Å²) in [6.07, 6.45) is 0. The van der Waals surface area contributed by atoms with E-state index < -0.39 is 0 Å². The number of benzene rings is 3. The summed E-state index contributed by atoms with van der Waals surface area (Å²) in [7, 11) is 0. The second-order valence-electron chi connectivity index (χ2n) is 6.87. The molecule has 1 heterocycles. The van der Waals surface area contributed by atoms with E-state index in [2.05, 4.69) is 41.8 Å². The third kappa shape index (κ3) is 4.53. The van der Waals surface area contributed by atoms with Crippen molar-refractivity contribution in [1.29, 1.82) is 0 Å². The van der Waals surface area contributed by atoms with E-state index in [1.807, 2.05) is 30.3 Å². The van der Waals surface area contributed by atoms with E-state index in [0.717, 1.165) is 11.1 Å². The summed E-state index contributed by atoms with van der Waals surface area (Å²) in [6.45, 7) is 2.33. The molecule has 6 heteroatoms. The fourth-order valence-corrected chi connectivity index (χ4v) is 3.44. The summed E-state index contributed by atoms with van der Waals surface area (Å²) in [6, 6.07) is 21.6. The fourth-order valence-electron chi connectivity index (χ4n) is 3.23. The molecule has 0 bridgehead atoms. The zero-order valence-corrected chi connectivity index (χ0v) is 16.7. The lowest BCUT2D eigenvalue weighted by molar-refractivity contribution is -0.115. The van der Waals surface area contributed by atoms with Gasteiger partial charge in [-0.3, -0.25) is 10.1 Å². The lowest BCUT2D eigenvalue weighted by Gasteiger charge is -2.20. The van der Waals surface area contributed by atoms with E-state index in [9.17, 15) is 4.79 Å². The van der Waals surface area contributed by atoms with Crippen LogP contribution in [0.1, 0.15) is 22.7 Å². The van der Waals surface area contributed by atoms with E-state index >= 15 is 0 Å². The summed E-state index contributed by atoms with van der Waals surface area (Å²) < 4.78 is 10.6. The number of fused-ring (bicyclic) bond motifs is 1. The molecule has 0 radical (unpaired) electrons. The van der Waals surface area contributed by atoms with Gasteiger partial charge in [0.15, 0.2) is 11.5 Å². The zero-order valence-electron chi connectivity index (χ0n) is 15.9. The van der Waals surface area contributed by atoms with E-state index in [1.54, 1.807) is 12.1 Å². The van der Waals surface area contributed by atoms with E-state index in [4.69, 9.17) is 21.1 Å². The maximum atomic E-state index is 12.6. The third-order valence-electron chi connectivity index (χ3n) is 4.75. The van der Waals surface area contributed by atoms with Gasteiger partial charge >= 0.3 is 0 Å². The molecular weight excluding hydrogens is 388 g/mol. The van der Waals surface area contributed by atoms with Crippen molar-refractivity contribution in [2.24, 2.45) is 0 Å². The maximum Gasteiger partial charge on any atom is 0.238 e. The van der Waals surface area contributed by atoms with Gasteiger partial charge in [0, 0.05) is 12.1 Å². The van der Waals surface area contributed by atoms with Crippen molar-refractivity contribution in [2.45, 2.75) is 13.0 Å². The highest BCUT2D eigenvalue weighted by atomic mass is 35.5. The topological polar surface area (TPSA) is 59.6 Å². The summed E-state index contributed by atoms with van der Waals surface area (Å²) in [5.74, 6) is 0.952. The van der Waals surface area contributed by atoms with Crippen LogP contribution in [0.25, 0.3) is 0 Å². The summed E-state index contributed by atoms with van der Waals surface area (Å²) in [5, 5.41) is 6.59. The van der Waals surface area contributed by atoms with E-state index in [0.29, 0.717) is 22.2 Å². The second-order valence-corrected chi connectivity index (χ2v) is 7.28. The van der Waals surface area contributed by atoms with Gasteiger partial charge in [-0.25, -0.2) is 0 Å². The van der Waals surface area contributed by atoms with Crippen LogP contribution < -0.4 is 20.1 Å². The maximum absolute atomic E-state index is 12.6. The number of aryl methyl sites for hydroxylation is 1. The molecule has 0 aromatic heterocycles. The molecule has 0 saturated carbocycles. The first-order chi connectivity index (χ1) is 14.1. The number of ether oxygens (including phenoxy) is 2. The molecule has 0 fully saturated rings. The Balaban J connectivity index is 1.47. The molecule has 3 aromatic carbocycles. The van der Waals surface area contributed by atoms with Crippen LogP contribution in [0.2, 0.25) is 5.02 Å². The summed E-state index contributed by atoms with van der Waals surface area (Å²) >= 11 is 6.25. The van der Waals surface area contributed by atoms with E-state index in [-0.39, 0.29) is 25.3 Å². The highest BCUT2D eigenvalue weighted by Crippen LogP contribution is 2.39. The van der Waals surface area contributed by atoms with Crippen LogP contribution in [-0.2, 0) is 4.79 Å². The van der Waals surface area contributed by atoms with Crippen LogP contribution in [0.4, 0.5) is 5.69 Å². The van der Waals surface area contributed by atoms with Crippen LogP contribution in [0.3, 0.4) is 0 Å². The molecule has 4 rings (SSSR count). The van der Waals surface area contributed by atoms with Gasteiger partial charge in [0.25, 0.3) is 0 Å². The largest absolute Gasteiger partial charge is 0.454 e. The molecule has 1 aliphatic rings. The normalized spacial score (nSPS) is 13.2. The van der Waals surface area contributed by atoms with Gasteiger partial charge in [0.1, 0.15) is 0 Å². The number of carbonyl (C=O) groups is 1. The molecule has 1 amide bonds. The Morgan fingerprint density at radius 1 is 1.00 bits per heavy atom. The average molecular weight is 409 g/mol. The fraction of sp³-hybridized carbons (Fsp3) is 0.174. The number of halogens is 1. The van der Waals surface area contributed by atoms with Gasteiger partial charge in [-0.05, 0) is 18.1 Å². The Labute approximate surface area is 174 Å². The first kappa shape index (κ1) is 19.3. The molecular formula is C23H21ClN2O3. The van der Waals surface area contributed by atoms with Crippen molar-refractivity contribution in [3.63, 3.8) is 0 Å².